The molecule has 3 aromatic rings. The molecule has 0 atom stereocenters. The fourth-order valence-electron chi connectivity index (χ4n) is 3.18. The number of rotatable bonds is 6. The summed E-state index contributed by atoms with van der Waals surface area (Å²) in [4.78, 5) is 42.5. The summed E-state index contributed by atoms with van der Waals surface area (Å²) < 4.78 is 37.4. The van der Waals surface area contributed by atoms with Crippen molar-refractivity contribution in [2.24, 2.45) is 0 Å². The molecule has 0 N–H and O–H groups in total. The van der Waals surface area contributed by atoms with Crippen molar-refractivity contribution in [1.82, 2.24) is 4.98 Å². The first-order valence-electron chi connectivity index (χ1n) is 9.19. The summed E-state index contributed by atoms with van der Waals surface area (Å²) in [5.74, 6) is -1.92. The Morgan fingerprint density at radius 2 is 1.66 bits per heavy atom. The van der Waals surface area contributed by atoms with Crippen molar-refractivity contribution in [1.29, 1.82) is 0 Å². The van der Waals surface area contributed by atoms with Crippen LogP contribution in [0.5, 0.6) is 11.5 Å². The third-order valence-electron chi connectivity index (χ3n) is 4.69. The van der Waals surface area contributed by atoms with Crippen molar-refractivity contribution in [3.05, 3.63) is 76.5 Å². The van der Waals surface area contributed by atoms with Crippen molar-refractivity contribution in [3.8, 4) is 11.5 Å². The molecular formula is C21H16NO9P. The van der Waals surface area contributed by atoms with Crippen molar-refractivity contribution >= 4 is 25.4 Å². The van der Waals surface area contributed by atoms with Gasteiger partial charge in [0.05, 0.1) is 11.1 Å². The molecule has 4 rings (SSSR count). The Hall–Kier alpha value is -3.59. The van der Waals surface area contributed by atoms with Gasteiger partial charge in [0.25, 0.3) is 0 Å². The van der Waals surface area contributed by atoms with Gasteiger partial charge in [0, 0.05) is 20.4 Å². The lowest BCUT2D eigenvalue weighted by Gasteiger charge is -2.14. The normalized spacial score (nSPS) is 12.8. The predicted molar refractivity (Wildman–Crippen MR) is 108 cm³/mol. The van der Waals surface area contributed by atoms with Crippen molar-refractivity contribution in [2.45, 2.75) is 6.92 Å². The molecule has 2 aromatic heterocycles. The molecule has 11 heteroatoms. The summed E-state index contributed by atoms with van der Waals surface area (Å²) in [6, 6.07) is 8.55. The molecule has 0 saturated carbocycles. The molecule has 0 radical (unpaired) electrons. The zero-order chi connectivity index (χ0) is 23.0. The maximum atomic E-state index is 12.9. The summed E-state index contributed by atoms with van der Waals surface area (Å²) in [7, 11) is -1.39. The van der Waals surface area contributed by atoms with E-state index < -0.39 is 25.4 Å². The topological polar surface area (TPSA) is 131 Å². The van der Waals surface area contributed by atoms with Gasteiger partial charge in [-0.2, -0.15) is 0 Å². The SMILES string of the molecule is COP(=O)(OC)Oc1ccc(OC(=O)c2c(C)oc3c2C(=O)c2ncccc2C3=O)cc1. The van der Waals surface area contributed by atoms with Gasteiger partial charge in [0.2, 0.25) is 11.6 Å². The van der Waals surface area contributed by atoms with E-state index in [1.165, 1.54) is 63.7 Å². The molecule has 1 aromatic carbocycles. The lowest BCUT2D eigenvalue weighted by molar-refractivity contribution is 0.0728. The summed E-state index contributed by atoms with van der Waals surface area (Å²) in [5, 5.41) is 0. The van der Waals surface area contributed by atoms with E-state index in [2.05, 4.69) is 4.98 Å². The first-order chi connectivity index (χ1) is 15.3. The molecule has 0 amide bonds. The molecule has 2 heterocycles. The molecule has 32 heavy (non-hydrogen) atoms. The lowest BCUT2D eigenvalue weighted by Crippen LogP contribution is -2.23. The fraction of sp³-hybridized carbons (Fsp3) is 0.143. The minimum Gasteiger partial charge on any atom is -0.456 e. The standard InChI is InChI=1S/C21H16NO9P/c1-11-15(16-19(24)17-14(5-4-10-22-17)18(23)20(16)29-11)21(25)30-12-6-8-13(9-7-12)31-32(26,27-2)28-3/h4-10H,1-3H3. The summed E-state index contributed by atoms with van der Waals surface area (Å²) >= 11 is 0. The number of pyridine rings is 1. The minimum atomic E-state index is -3.74. The number of benzene rings is 1. The van der Waals surface area contributed by atoms with Crippen LogP contribution in [0.2, 0.25) is 0 Å². The van der Waals surface area contributed by atoms with Gasteiger partial charge in [-0.3, -0.25) is 23.6 Å². The molecular weight excluding hydrogens is 441 g/mol. The van der Waals surface area contributed by atoms with E-state index in [1.807, 2.05) is 0 Å². The number of esters is 1. The van der Waals surface area contributed by atoms with Crippen molar-refractivity contribution < 1.29 is 41.7 Å². The number of fused-ring (bicyclic) bond motifs is 2. The van der Waals surface area contributed by atoms with Crippen LogP contribution in [0.1, 0.15) is 48.3 Å². The Balaban J connectivity index is 1.61. The number of ether oxygens (including phenoxy) is 1. The summed E-state index contributed by atoms with van der Waals surface area (Å²) in [6.07, 6.45) is 1.38. The zero-order valence-corrected chi connectivity index (χ0v) is 18.0. The first-order valence-corrected chi connectivity index (χ1v) is 10.6. The van der Waals surface area contributed by atoms with Gasteiger partial charge >= 0.3 is 13.8 Å². The number of hydrogen-bond donors (Lipinski definition) is 0. The van der Waals surface area contributed by atoms with E-state index in [-0.39, 0.29) is 45.4 Å². The highest BCUT2D eigenvalue weighted by molar-refractivity contribution is 7.48. The van der Waals surface area contributed by atoms with Crippen LogP contribution in [-0.2, 0) is 13.6 Å². The largest absolute Gasteiger partial charge is 0.529 e. The molecule has 1 aliphatic carbocycles. The molecule has 0 bridgehead atoms. The fourth-order valence-corrected chi connectivity index (χ4v) is 3.86. The van der Waals surface area contributed by atoms with Crippen molar-refractivity contribution in [3.63, 3.8) is 0 Å². The highest BCUT2D eigenvalue weighted by Crippen LogP contribution is 2.47. The molecule has 0 unspecified atom stereocenters. The number of phosphoric ester groups is 1. The highest BCUT2D eigenvalue weighted by Gasteiger charge is 2.40. The van der Waals surface area contributed by atoms with Crippen LogP contribution in [0.15, 0.2) is 47.0 Å². The Morgan fingerprint density at radius 3 is 2.31 bits per heavy atom. The second-order valence-corrected chi connectivity index (χ2v) is 8.37. The number of carbonyl (C=O) groups is 3. The van der Waals surface area contributed by atoms with E-state index >= 15 is 0 Å². The monoisotopic (exact) mass is 457 g/mol. The second-order valence-electron chi connectivity index (χ2n) is 6.56. The van der Waals surface area contributed by atoms with Crippen LogP contribution in [-0.4, -0.2) is 36.7 Å². The third-order valence-corrected chi connectivity index (χ3v) is 6.02. The minimum absolute atomic E-state index is 0.0536. The number of carbonyl (C=O) groups excluding carboxylic acids is 3. The number of aromatic nitrogens is 1. The average Bonchev–Trinajstić information content (AvgIpc) is 3.16. The van der Waals surface area contributed by atoms with Crippen LogP contribution in [0.25, 0.3) is 0 Å². The third kappa shape index (κ3) is 3.64. The zero-order valence-electron chi connectivity index (χ0n) is 17.1. The Labute approximate surface area is 181 Å². The van der Waals surface area contributed by atoms with E-state index in [0.29, 0.717) is 0 Å². The van der Waals surface area contributed by atoms with Crippen LogP contribution in [0.3, 0.4) is 0 Å². The van der Waals surface area contributed by atoms with E-state index in [1.54, 1.807) is 0 Å². The predicted octanol–water partition coefficient (Wildman–Crippen LogP) is 3.76. The summed E-state index contributed by atoms with van der Waals surface area (Å²) in [5.41, 5.74) is -0.274. The molecule has 0 spiro atoms. The number of nitrogens with zero attached hydrogens (tertiary/aromatic N) is 1. The van der Waals surface area contributed by atoms with Gasteiger partial charge < -0.3 is 13.7 Å². The van der Waals surface area contributed by atoms with Crippen molar-refractivity contribution in [2.75, 3.05) is 14.2 Å². The Kier molecular flexibility index (Phi) is 5.52. The number of aryl methyl sites for hydroxylation is 1. The average molecular weight is 457 g/mol. The highest BCUT2D eigenvalue weighted by atomic mass is 31.2. The van der Waals surface area contributed by atoms with Gasteiger partial charge in [-0.25, -0.2) is 9.36 Å². The van der Waals surface area contributed by atoms with Crippen LogP contribution < -0.4 is 9.26 Å². The molecule has 0 saturated heterocycles. The van der Waals surface area contributed by atoms with Gasteiger partial charge in [0.1, 0.15) is 28.5 Å². The molecule has 164 valence electrons. The quantitative estimate of drug-likeness (QED) is 0.240. The maximum absolute atomic E-state index is 12.9. The number of furan rings is 1. The molecule has 10 nitrogen and oxygen atoms in total. The molecule has 0 fully saturated rings. The van der Waals surface area contributed by atoms with Gasteiger partial charge in [-0.05, 0) is 43.3 Å². The van der Waals surface area contributed by atoms with E-state index in [9.17, 15) is 18.9 Å². The molecule has 0 aliphatic heterocycles. The lowest BCUT2D eigenvalue weighted by atomic mass is 9.90. The number of hydrogen-bond acceptors (Lipinski definition) is 10. The summed E-state index contributed by atoms with van der Waals surface area (Å²) in [6.45, 7) is 1.46. The van der Waals surface area contributed by atoms with Gasteiger partial charge in [-0.15, -0.1) is 0 Å². The van der Waals surface area contributed by atoms with Gasteiger partial charge in [0.15, 0.2) is 5.76 Å². The van der Waals surface area contributed by atoms with E-state index in [0.717, 1.165) is 0 Å². The van der Waals surface area contributed by atoms with Crippen LogP contribution in [0, 0.1) is 6.92 Å². The van der Waals surface area contributed by atoms with Crippen LogP contribution in [0.4, 0.5) is 0 Å². The Morgan fingerprint density at radius 1 is 1.00 bits per heavy atom. The Bertz CT molecular complexity index is 1290. The van der Waals surface area contributed by atoms with Gasteiger partial charge in [-0.1, -0.05) is 0 Å². The first kappa shape index (κ1) is 21.6. The number of phosphoric acid groups is 1. The smallest absolute Gasteiger partial charge is 0.456 e. The number of ketones is 2. The molecule has 1 aliphatic rings. The van der Waals surface area contributed by atoms with E-state index in [4.69, 9.17) is 22.7 Å². The maximum Gasteiger partial charge on any atom is 0.529 e. The second kappa shape index (κ2) is 8.16. The van der Waals surface area contributed by atoms with Crippen LogP contribution >= 0.6 is 7.82 Å².